The normalized spacial score (nSPS) is 15.4. The number of nitrogens with one attached hydrogen (secondary N) is 1. The highest BCUT2D eigenvalue weighted by molar-refractivity contribution is 5.95. The standard InChI is InChI=1S/C18H21N3O/c1-12-15(18(22)20-11-16(19)13-7-8-13)9-10-17(21-12)14-5-3-2-4-6-14/h2-6,9-10,13,16H,7-8,11,19H2,1H3,(H,20,22). The molecule has 1 atom stereocenters. The van der Waals surface area contributed by atoms with Crippen LogP contribution in [0.2, 0.25) is 0 Å². The summed E-state index contributed by atoms with van der Waals surface area (Å²) in [6.07, 6.45) is 2.37. The van der Waals surface area contributed by atoms with E-state index < -0.39 is 0 Å². The number of carbonyl (C=O) groups is 1. The van der Waals surface area contributed by atoms with Gasteiger partial charge in [-0.15, -0.1) is 0 Å². The van der Waals surface area contributed by atoms with E-state index in [1.807, 2.05) is 49.4 Å². The largest absolute Gasteiger partial charge is 0.350 e. The average Bonchev–Trinajstić information content (AvgIpc) is 3.38. The van der Waals surface area contributed by atoms with Gasteiger partial charge < -0.3 is 11.1 Å². The number of aromatic nitrogens is 1. The Hall–Kier alpha value is -2.20. The second-order valence-electron chi connectivity index (χ2n) is 5.91. The number of nitrogens with two attached hydrogens (primary N) is 1. The second kappa shape index (κ2) is 6.28. The molecule has 1 unspecified atom stereocenters. The van der Waals surface area contributed by atoms with E-state index >= 15 is 0 Å². The molecule has 4 nitrogen and oxygen atoms in total. The molecule has 1 aromatic carbocycles. The van der Waals surface area contributed by atoms with Crippen molar-refractivity contribution in [3.63, 3.8) is 0 Å². The first-order chi connectivity index (χ1) is 10.6. The van der Waals surface area contributed by atoms with Gasteiger partial charge in [0.25, 0.3) is 5.91 Å². The summed E-state index contributed by atoms with van der Waals surface area (Å²) in [5.41, 5.74) is 9.29. The second-order valence-corrected chi connectivity index (χ2v) is 5.91. The van der Waals surface area contributed by atoms with Gasteiger partial charge >= 0.3 is 0 Å². The van der Waals surface area contributed by atoms with Crippen molar-refractivity contribution in [1.82, 2.24) is 10.3 Å². The lowest BCUT2D eigenvalue weighted by Crippen LogP contribution is -2.38. The van der Waals surface area contributed by atoms with Crippen LogP contribution in [0.4, 0.5) is 0 Å². The van der Waals surface area contributed by atoms with Crippen molar-refractivity contribution in [2.45, 2.75) is 25.8 Å². The van der Waals surface area contributed by atoms with Gasteiger partial charge in [-0.25, -0.2) is 0 Å². The first-order valence-electron chi connectivity index (χ1n) is 7.72. The van der Waals surface area contributed by atoms with E-state index in [4.69, 9.17) is 5.73 Å². The van der Waals surface area contributed by atoms with Crippen LogP contribution in [0.3, 0.4) is 0 Å². The van der Waals surface area contributed by atoms with E-state index in [0.717, 1.165) is 17.0 Å². The maximum atomic E-state index is 12.3. The smallest absolute Gasteiger partial charge is 0.253 e. The lowest BCUT2D eigenvalue weighted by Gasteiger charge is -2.13. The van der Waals surface area contributed by atoms with Crippen molar-refractivity contribution >= 4 is 5.91 Å². The average molecular weight is 295 g/mol. The van der Waals surface area contributed by atoms with Gasteiger partial charge in [0, 0.05) is 18.2 Å². The summed E-state index contributed by atoms with van der Waals surface area (Å²) in [6.45, 7) is 2.39. The molecule has 3 N–H and O–H groups in total. The topological polar surface area (TPSA) is 68.0 Å². The molecule has 3 rings (SSSR count). The molecule has 0 radical (unpaired) electrons. The van der Waals surface area contributed by atoms with Crippen molar-refractivity contribution in [3.05, 3.63) is 53.7 Å². The fourth-order valence-electron chi connectivity index (χ4n) is 2.57. The summed E-state index contributed by atoms with van der Waals surface area (Å²) in [5, 5.41) is 2.92. The van der Waals surface area contributed by atoms with Crippen LogP contribution in [-0.2, 0) is 0 Å². The number of hydrogen-bond donors (Lipinski definition) is 2. The lowest BCUT2D eigenvalue weighted by molar-refractivity contribution is 0.0949. The fourth-order valence-corrected chi connectivity index (χ4v) is 2.57. The number of nitrogens with zero attached hydrogens (tertiary/aromatic N) is 1. The van der Waals surface area contributed by atoms with Crippen LogP contribution in [0, 0.1) is 12.8 Å². The summed E-state index contributed by atoms with van der Waals surface area (Å²) < 4.78 is 0. The van der Waals surface area contributed by atoms with Crippen LogP contribution < -0.4 is 11.1 Å². The van der Waals surface area contributed by atoms with Crippen LogP contribution >= 0.6 is 0 Å². The summed E-state index contributed by atoms with van der Waals surface area (Å²) in [4.78, 5) is 16.8. The zero-order valence-corrected chi connectivity index (χ0v) is 12.8. The molecular formula is C18H21N3O. The molecular weight excluding hydrogens is 274 g/mol. The number of hydrogen-bond acceptors (Lipinski definition) is 3. The fraction of sp³-hybridized carbons (Fsp3) is 0.333. The highest BCUT2D eigenvalue weighted by Gasteiger charge is 2.28. The van der Waals surface area contributed by atoms with Gasteiger partial charge in [-0.2, -0.15) is 0 Å². The Kier molecular flexibility index (Phi) is 4.20. The number of pyridine rings is 1. The highest BCUT2D eigenvalue weighted by Crippen LogP contribution is 2.31. The van der Waals surface area contributed by atoms with Crippen molar-refractivity contribution in [2.75, 3.05) is 6.54 Å². The van der Waals surface area contributed by atoms with Gasteiger partial charge in [0.15, 0.2) is 0 Å². The molecule has 114 valence electrons. The van der Waals surface area contributed by atoms with Crippen LogP contribution in [-0.4, -0.2) is 23.5 Å². The summed E-state index contributed by atoms with van der Waals surface area (Å²) in [7, 11) is 0. The van der Waals surface area contributed by atoms with Crippen LogP contribution in [0.5, 0.6) is 0 Å². The van der Waals surface area contributed by atoms with Gasteiger partial charge in [-0.3, -0.25) is 9.78 Å². The lowest BCUT2D eigenvalue weighted by atomic mass is 10.1. The van der Waals surface area contributed by atoms with Gasteiger partial charge in [-0.1, -0.05) is 30.3 Å². The number of amides is 1. The van der Waals surface area contributed by atoms with Gasteiger partial charge in [0.05, 0.1) is 17.0 Å². The zero-order chi connectivity index (χ0) is 15.5. The minimum absolute atomic E-state index is 0.0702. The summed E-state index contributed by atoms with van der Waals surface area (Å²) in [6, 6.07) is 13.7. The third kappa shape index (κ3) is 3.34. The third-order valence-electron chi connectivity index (χ3n) is 4.13. The molecule has 1 aromatic heterocycles. The van der Waals surface area contributed by atoms with E-state index in [0.29, 0.717) is 18.0 Å². The van der Waals surface area contributed by atoms with Crippen molar-refractivity contribution < 1.29 is 4.79 Å². The maximum absolute atomic E-state index is 12.3. The zero-order valence-electron chi connectivity index (χ0n) is 12.8. The first-order valence-corrected chi connectivity index (χ1v) is 7.72. The van der Waals surface area contributed by atoms with Crippen LogP contribution in [0.25, 0.3) is 11.3 Å². The number of benzene rings is 1. The molecule has 2 aromatic rings. The van der Waals surface area contributed by atoms with Crippen molar-refractivity contribution in [1.29, 1.82) is 0 Å². The molecule has 1 amide bonds. The van der Waals surface area contributed by atoms with Gasteiger partial charge in [0.1, 0.15) is 0 Å². The molecule has 0 aliphatic heterocycles. The minimum Gasteiger partial charge on any atom is -0.350 e. The van der Waals surface area contributed by atoms with Crippen molar-refractivity contribution in [2.24, 2.45) is 11.7 Å². The van der Waals surface area contributed by atoms with E-state index in [9.17, 15) is 4.79 Å². The summed E-state index contributed by atoms with van der Waals surface area (Å²) >= 11 is 0. The SMILES string of the molecule is Cc1nc(-c2ccccc2)ccc1C(=O)NCC(N)C1CC1. The van der Waals surface area contributed by atoms with Crippen LogP contribution in [0.15, 0.2) is 42.5 Å². The molecule has 4 heteroatoms. The minimum atomic E-state index is -0.0966. The number of carbonyl (C=O) groups excluding carboxylic acids is 1. The van der Waals surface area contributed by atoms with E-state index in [1.165, 1.54) is 12.8 Å². The monoisotopic (exact) mass is 295 g/mol. The molecule has 0 bridgehead atoms. The Balaban J connectivity index is 1.70. The van der Waals surface area contributed by atoms with E-state index in [-0.39, 0.29) is 11.9 Å². The molecule has 1 fully saturated rings. The van der Waals surface area contributed by atoms with Crippen LogP contribution in [0.1, 0.15) is 28.9 Å². The molecule has 1 aliphatic carbocycles. The summed E-state index contributed by atoms with van der Waals surface area (Å²) in [5.74, 6) is 0.487. The molecule has 1 heterocycles. The van der Waals surface area contributed by atoms with E-state index in [2.05, 4.69) is 10.3 Å². The third-order valence-corrected chi connectivity index (χ3v) is 4.13. The Morgan fingerprint density at radius 3 is 2.64 bits per heavy atom. The maximum Gasteiger partial charge on any atom is 0.253 e. The quantitative estimate of drug-likeness (QED) is 0.890. The highest BCUT2D eigenvalue weighted by atomic mass is 16.1. The molecule has 22 heavy (non-hydrogen) atoms. The Morgan fingerprint density at radius 2 is 2.00 bits per heavy atom. The number of rotatable bonds is 5. The van der Waals surface area contributed by atoms with Gasteiger partial charge in [0.2, 0.25) is 0 Å². The molecule has 1 saturated carbocycles. The van der Waals surface area contributed by atoms with E-state index in [1.54, 1.807) is 0 Å². The molecule has 0 saturated heterocycles. The van der Waals surface area contributed by atoms with Gasteiger partial charge in [-0.05, 0) is 37.8 Å². The number of aryl methyl sites for hydroxylation is 1. The molecule has 0 spiro atoms. The molecule has 1 aliphatic rings. The van der Waals surface area contributed by atoms with Crippen molar-refractivity contribution in [3.8, 4) is 11.3 Å². The first kappa shape index (κ1) is 14.7. The Bertz CT molecular complexity index is 665. The predicted octanol–water partition coefficient (Wildman–Crippen LogP) is 2.52. The predicted molar refractivity (Wildman–Crippen MR) is 87.4 cm³/mol. The Labute approximate surface area is 130 Å². The Morgan fingerprint density at radius 1 is 1.27 bits per heavy atom.